The van der Waals surface area contributed by atoms with E-state index in [1.807, 2.05) is 12.1 Å². The first-order valence-corrected chi connectivity index (χ1v) is 5.99. The van der Waals surface area contributed by atoms with E-state index in [1.54, 1.807) is 26.0 Å². The molecule has 0 aliphatic carbocycles. The molecule has 0 aliphatic rings. The average molecular weight is 265 g/mol. The summed E-state index contributed by atoms with van der Waals surface area (Å²) in [5.74, 6) is 0.245. The number of carbonyl (C=O) groups excluding carboxylic acids is 1. The molecular formula is C13H13ClN2O2. The van der Waals surface area contributed by atoms with E-state index in [4.69, 9.17) is 16.3 Å². The second-order valence-electron chi connectivity index (χ2n) is 3.77. The van der Waals surface area contributed by atoms with E-state index in [1.165, 1.54) is 0 Å². The van der Waals surface area contributed by atoms with Crippen molar-refractivity contribution >= 4 is 17.6 Å². The minimum absolute atomic E-state index is 0.341. The maximum absolute atomic E-state index is 11.6. The highest BCUT2D eigenvalue weighted by Crippen LogP contribution is 2.20. The molecule has 18 heavy (non-hydrogen) atoms. The lowest BCUT2D eigenvalue weighted by atomic mass is 10.2. The number of nitrogens with one attached hydrogen (secondary N) is 1. The van der Waals surface area contributed by atoms with E-state index in [0.29, 0.717) is 28.8 Å². The van der Waals surface area contributed by atoms with Crippen LogP contribution in [0.5, 0.6) is 0 Å². The predicted molar refractivity (Wildman–Crippen MR) is 69.7 cm³/mol. The quantitative estimate of drug-likeness (QED) is 0.866. The molecule has 0 atom stereocenters. The number of esters is 1. The smallest absolute Gasteiger partial charge is 0.356 e. The van der Waals surface area contributed by atoms with E-state index >= 15 is 0 Å². The summed E-state index contributed by atoms with van der Waals surface area (Å²) in [4.78, 5) is 18.9. The molecule has 1 heterocycles. The van der Waals surface area contributed by atoms with Crippen molar-refractivity contribution in [3.05, 3.63) is 40.7 Å². The van der Waals surface area contributed by atoms with Gasteiger partial charge < -0.3 is 9.72 Å². The molecule has 0 saturated carbocycles. The van der Waals surface area contributed by atoms with Crippen LogP contribution in [0.15, 0.2) is 24.3 Å². The maximum atomic E-state index is 11.6. The van der Waals surface area contributed by atoms with Gasteiger partial charge in [-0.2, -0.15) is 0 Å². The summed E-state index contributed by atoms with van der Waals surface area (Å²) >= 11 is 5.82. The number of benzene rings is 1. The molecule has 1 aromatic carbocycles. The molecule has 0 spiro atoms. The van der Waals surface area contributed by atoms with Gasteiger partial charge in [-0.1, -0.05) is 11.6 Å². The minimum atomic E-state index is -0.386. The zero-order chi connectivity index (χ0) is 13.1. The number of hydrogen-bond donors (Lipinski definition) is 1. The van der Waals surface area contributed by atoms with E-state index < -0.39 is 0 Å². The topological polar surface area (TPSA) is 55.0 Å². The van der Waals surface area contributed by atoms with Crippen molar-refractivity contribution in [2.45, 2.75) is 13.8 Å². The number of aromatic nitrogens is 2. The predicted octanol–water partition coefficient (Wildman–Crippen LogP) is 3.22. The molecule has 5 heteroatoms. The number of carbonyl (C=O) groups is 1. The summed E-state index contributed by atoms with van der Waals surface area (Å²) in [6, 6.07) is 7.24. The normalized spacial score (nSPS) is 10.4. The maximum Gasteiger partial charge on any atom is 0.356 e. The first-order chi connectivity index (χ1) is 8.61. The Balaban J connectivity index is 2.34. The second kappa shape index (κ2) is 5.23. The first-order valence-electron chi connectivity index (χ1n) is 5.61. The number of aryl methyl sites for hydroxylation is 1. The van der Waals surface area contributed by atoms with Gasteiger partial charge in [0.1, 0.15) is 11.5 Å². The second-order valence-corrected chi connectivity index (χ2v) is 4.21. The standard InChI is InChI=1S/C13H13ClN2O2/c1-3-18-13(17)11-8(2)15-12(16-11)9-4-6-10(14)7-5-9/h4-7H,3H2,1-2H3,(H,15,16). The van der Waals surface area contributed by atoms with Crippen LogP contribution in [0.1, 0.15) is 23.1 Å². The Morgan fingerprint density at radius 1 is 1.39 bits per heavy atom. The molecule has 0 unspecified atom stereocenters. The fraction of sp³-hybridized carbons (Fsp3) is 0.231. The monoisotopic (exact) mass is 264 g/mol. The summed E-state index contributed by atoms with van der Waals surface area (Å²) in [7, 11) is 0. The highest BCUT2D eigenvalue weighted by Gasteiger charge is 2.15. The lowest BCUT2D eigenvalue weighted by molar-refractivity contribution is 0.0519. The van der Waals surface area contributed by atoms with Crippen LogP contribution in [0.2, 0.25) is 5.02 Å². The van der Waals surface area contributed by atoms with Crippen LogP contribution in [-0.4, -0.2) is 22.5 Å². The fourth-order valence-corrected chi connectivity index (χ4v) is 1.73. The molecule has 0 amide bonds. The van der Waals surface area contributed by atoms with Gasteiger partial charge in [0.15, 0.2) is 0 Å². The minimum Gasteiger partial charge on any atom is -0.461 e. The number of imidazole rings is 1. The summed E-state index contributed by atoms with van der Waals surface area (Å²) in [6.45, 7) is 3.87. The number of hydrogen-bond acceptors (Lipinski definition) is 3. The Morgan fingerprint density at radius 3 is 2.67 bits per heavy atom. The van der Waals surface area contributed by atoms with E-state index in [-0.39, 0.29) is 5.97 Å². The van der Waals surface area contributed by atoms with Crippen LogP contribution in [0.25, 0.3) is 11.4 Å². The van der Waals surface area contributed by atoms with E-state index in [2.05, 4.69) is 9.97 Å². The van der Waals surface area contributed by atoms with Crippen LogP contribution in [-0.2, 0) is 4.74 Å². The zero-order valence-electron chi connectivity index (χ0n) is 10.2. The van der Waals surface area contributed by atoms with Crippen molar-refractivity contribution in [2.24, 2.45) is 0 Å². The number of nitrogens with zero attached hydrogens (tertiary/aromatic N) is 1. The summed E-state index contributed by atoms with van der Waals surface area (Å²) in [6.07, 6.45) is 0. The molecule has 2 aromatic rings. The molecule has 0 bridgehead atoms. The van der Waals surface area contributed by atoms with Gasteiger partial charge >= 0.3 is 5.97 Å². The SMILES string of the molecule is CCOC(=O)c1[nH]c(-c2ccc(Cl)cc2)nc1C. The molecule has 1 aromatic heterocycles. The Hall–Kier alpha value is -1.81. The van der Waals surface area contributed by atoms with Crippen LogP contribution < -0.4 is 0 Å². The number of H-pyrrole nitrogens is 1. The van der Waals surface area contributed by atoms with Crippen LogP contribution in [0.4, 0.5) is 0 Å². The molecule has 2 rings (SSSR count). The van der Waals surface area contributed by atoms with E-state index in [0.717, 1.165) is 5.56 Å². The van der Waals surface area contributed by atoms with Gasteiger partial charge in [-0.3, -0.25) is 0 Å². The molecule has 0 fully saturated rings. The van der Waals surface area contributed by atoms with Crippen molar-refractivity contribution in [1.29, 1.82) is 0 Å². The average Bonchev–Trinajstić information content (AvgIpc) is 2.72. The number of halogens is 1. The molecule has 0 radical (unpaired) electrons. The third-order valence-electron chi connectivity index (χ3n) is 2.48. The Morgan fingerprint density at radius 2 is 2.06 bits per heavy atom. The van der Waals surface area contributed by atoms with Crippen molar-refractivity contribution in [2.75, 3.05) is 6.61 Å². The van der Waals surface area contributed by atoms with Crippen molar-refractivity contribution in [3.63, 3.8) is 0 Å². The highest BCUT2D eigenvalue weighted by atomic mass is 35.5. The number of rotatable bonds is 3. The van der Waals surface area contributed by atoms with Crippen LogP contribution in [0, 0.1) is 6.92 Å². The zero-order valence-corrected chi connectivity index (χ0v) is 10.9. The third-order valence-corrected chi connectivity index (χ3v) is 2.73. The molecule has 0 aliphatic heterocycles. The lowest BCUT2D eigenvalue weighted by Gasteiger charge is -1.99. The van der Waals surface area contributed by atoms with Gasteiger partial charge in [-0.05, 0) is 38.1 Å². The first kappa shape index (κ1) is 12.6. The van der Waals surface area contributed by atoms with Gasteiger partial charge in [0.2, 0.25) is 0 Å². The Bertz CT molecular complexity index is 561. The number of ether oxygens (including phenoxy) is 1. The molecule has 1 N–H and O–H groups in total. The number of aromatic amines is 1. The molecule has 0 saturated heterocycles. The van der Waals surface area contributed by atoms with Gasteiger partial charge in [-0.25, -0.2) is 9.78 Å². The fourth-order valence-electron chi connectivity index (χ4n) is 1.61. The third kappa shape index (κ3) is 2.54. The highest BCUT2D eigenvalue weighted by molar-refractivity contribution is 6.30. The van der Waals surface area contributed by atoms with Crippen molar-refractivity contribution in [1.82, 2.24) is 9.97 Å². The van der Waals surface area contributed by atoms with Crippen LogP contribution >= 0.6 is 11.6 Å². The Labute approximate surface area is 110 Å². The summed E-state index contributed by atoms with van der Waals surface area (Å²) in [5.41, 5.74) is 1.89. The molecular weight excluding hydrogens is 252 g/mol. The molecule has 4 nitrogen and oxygen atoms in total. The van der Waals surface area contributed by atoms with Gasteiger partial charge in [0, 0.05) is 10.6 Å². The summed E-state index contributed by atoms with van der Waals surface area (Å²) < 4.78 is 4.95. The Kier molecular flexibility index (Phi) is 3.67. The van der Waals surface area contributed by atoms with Crippen LogP contribution in [0.3, 0.4) is 0 Å². The van der Waals surface area contributed by atoms with Crippen molar-refractivity contribution < 1.29 is 9.53 Å². The van der Waals surface area contributed by atoms with Crippen molar-refractivity contribution in [3.8, 4) is 11.4 Å². The van der Waals surface area contributed by atoms with Gasteiger partial charge in [0.25, 0.3) is 0 Å². The largest absolute Gasteiger partial charge is 0.461 e. The summed E-state index contributed by atoms with van der Waals surface area (Å²) in [5, 5.41) is 0.660. The van der Waals surface area contributed by atoms with Gasteiger partial charge in [-0.15, -0.1) is 0 Å². The molecule has 94 valence electrons. The lowest BCUT2D eigenvalue weighted by Crippen LogP contribution is -2.06. The van der Waals surface area contributed by atoms with Gasteiger partial charge in [0.05, 0.1) is 12.3 Å². The van der Waals surface area contributed by atoms with E-state index in [9.17, 15) is 4.79 Å².